The van der Waals surface area contributed by atoms with Gasteiger partial charge >= 0.3 is 6.09 Å². The number of amides is 2. The first-order valence-corrected chi connectivity index (χ1v) is 10.6. The lowest BCUT2D eigenvalue weighted by Crippen LogP contribution is -2.51. The normalized spacial score (nSPS) is 20.8. The fourth-order valence-electron chi connectivity index (χ4n) is 3.51. The van der Waals surface area contributed by atoms with Gasteiger partial charge in [0.1, 0.15) is 11.7 Å². The van der Waals surface area contributed by atoms with Crippen LogP contribution in [0, 0.1) is 5.92 Å². The first kappa shape index (κ1) is 23.2. The topological polar surface area (TPSA) is 76.7 Å². The highest BCUT2D eigenvalue weighted by Gasteiger charge is 2.34. The van der Waals surface area contributed by atoms with Crippen LogP contribution in [-0.4, -0.2) is 35.9 Å². The molecule has 0 aromatic heterocycles. The molecule has 0 unspecified atom stereocenters. The van der Waals surface area contributed by atoms with E-state index in [0.29, 0.717) is 18.9 Å². The molecule has 3 atom stereocenters. The summed E-state index contributed by atoms with van der Waals surface area (Å²) >= 11 is 0. The minimum atomic E-state index is -0.556. The third-order valence-electron chi connectivity index (χ3n) is 4.77. The van der Waals surface area contributed by atoms with E-state index >= 15 is 0 Å². The monoisotopic (exact) mass is 404 g/mol. The summed E-state index contributed by atoms with van der Waals surface area (Å²) in [6, 6.07) is 9.63. The number of ether oxygens (including phenoxy) is 2. The molecule has 6 heteroatoms. The van der Waals surface area contributed by atoms with Crippen molar-refractivity contribution < 1.29 is 19.1 Å². The van der Waals surface area contributed by atoms with Crippen LogP contribution in [0.3, 0.4) is 0 Å². The van der Waals surface area contributed by atoms with Crippen LogP contribution in [0.1, 0.15) is 65.9 Å². The van der Waals surface area contributed by atoms with Crippen molar-refractivity contribution in [3.8, 4) is 0 Å². The molecular weight excluding hydrogens is 368 g/mol. The molecule has 1 saturated heterocycles. The second kappa shape index (κ2) is 10.6. The number of carbonyl (C=O) groups excluding carboxylic acids is 2. The van der Waals surface area contributed by atoms with E-state index in [1.807, 2.05) is 51.1 Å². The fraction of sp³-hybridized carbons (Fsp3) is 0.652. The number of benzene rings is 1. The van der Waals surface area contributed by atoms with Gasteiger partial charge in [0.15, 0.2) is 0 Å². The molecule has 1 fully saturated rings. The number of hydrogen-bond donors (Lipinski definition) is 2. The van der Waals surface area contributed by atoms with Crippen LogP contribution in [0.4, 0.5) is 4.79 Å². The van der Waals surface area contributed by atoms with Crippen molar-refractivity contribution in [3.05, 3.63) is 35.9 Å². The first-order valence-electron chi connectivity index (χ1n) is 10.6. The quantitative estimate of drug-likeness (QED) is 0.715. The van der Waals surface area contributed by atoms with Crippen molar-refractivity contribution >= 4 is 12.0 Å². The Bertz CT molecular complexity index is 655. The van der Waals surface area contributed by atoms with Gasteiger partial charge in [-0.3, -0.25) is 4.79 Å². The predicted octanol–water partition coefficient (Wildman–Crippen LogP) is 4.18. The van der Waals surface area contributed by atoms with Crippen LogP contribution in [0.5, 0.6) is 0 Å². The standard InChI is InChI=1S/C23H36N2O4/c1-16(2)14-18(25-22(27)29-23(3,4)5)19-12-9-13-20(28-19)21(26)24-15-17-10-7-6-8-11-17/h6-8,10-11,16,18-20H,9,12-15H2,1-5H3,(H,24,26)(H,25,27)/t18-,19-,20+/m0/s1. The summed E-state index contributed by atoms with van der Waals surface area (Å²) < 4.78 is 11.6. The van der Waals surface area contributed by atoms with E-state index in [4.69, 9.17) is 9.47 Å². The largest absolute Gasteiger partial charge is 0.444 e. The van der Waals surface area contributed by atoms with E-state index in [0.717, 1.165) is 24.8 Å². The predicted molar refractivity (Wildman–Crippen MR) is 113 cm³/mol. The van der Waals surface area contributed by atoms with Crippen LogP contribution in [0.25, 0.3) is 0 Å². The average Bonchev–Trinajstić information content (AvgIpc) is 2.64. The van der Waals surface area contributed by atoms with Gasteiger partial charge in [-0.05, 0) is 57.9 Å². The summed E-state index contributed by atoms with van der Waals surface area (Å²) in [6.45, 7) is 10.2. The van der Waals surface area contributed by atoms with E-state index in [1.54, 1.807) is 0 Å². The Morgan fingerprint density at radius 1 is 1.17 bits per heavy atom. The molecule has 0 spiro atoms. The third kappa shape index (κ3) is 8.44. The summed E-state index contributed by atoms with van der Waals surface area (Å²) in [5, 5.41) is 5.94. The molecule has 0 aliphatic carbocycles. The number of alkyl carbamates (subject to hydrolysis) is 1. The molecule has 1 aromatic rings. The van der Waals surface area contributed by atoms with E-state index in [-0.39, 0.29) is 18.1 Å². The fourth-order valence-corrected chi connectivity index (χ4v) is 3.51. The Labute approximate surface area is 174 Å². The molecular formula is C23H36N2O4. The summed E-state index contributed by atoms with van der Waals surface area (Å²) in [7, 11) is 0. The van der Waals surface area contributed by atoms with Crippen LogP contribution < -0.4 is 10.6 Å². The molecule has 0 saturated carbocycles. The molecule has 29 heavy (non-hydrogen) atoms. The number of rotatable bonds is 7. The van der Waals surface area contributed by atoms with Crippen LogP contribution in [0.15, 0.2) is 30.3 Å². The van der Waals surface area contributed by atoms with E-state index < -0.39 is 17.8 Å². The van der Waals surface area contributed by atoms with Crippen LogP contribution >= 0.6 is 0 Å². The molecule has 1 aliphatic rings. The average molecular weight is 405 g/mol. The first-order chi connectivity index (χ1) is 13.6. The summed E-state index contributed by atoms with van der Waals surface area (Å²) in [5.74, 6) is 0.282. The summed E-state index contributed by atoms with van der Waals surface area (Å²) in [4.78, 5) is 24.9. The van der Waals surface area contributed by atoms with E-state index in [2.05, 4.69) is 24.5 Å². The maximum absolute atomic E-state index is 12.6. The Morgan fingerprint density at radius 2 is 1.86 bits per heavy atom. The third-order valence-corrected chi connectivity index (χ3v) is 4.77. The van der Waals surface area contributed by atoms with Crippen LogP contribution in [-0.2, 0) is 20.8 Å². The van der Waals surface area contributed by atoms with Crippen molar-refractivity contribution in [3.63, 3.8) is 0 Å². The minimum absolute atomic E-state index is 0.0980. The zero-order valence-electron chi connectivity index (χ0n) is 18.4. The Morgan fingerprint density at radius 3 is 2.48 bits per heavy atom. The molecule has 1 aliphatic heterocycles. The highest BCUT2D eigenvalue weighted by atomic mass is 16.6. The van der Waals surface area contributed by atoms with Gasteiger partial charge in [0, 0.05) is 6.54 Å². The second-order valence-corrected chi connectivity index (χ2v) is 9.18. The zero-order chi connectivity index (χ0) is 21.4. The van der Waals surface area contributed by atoms with Gasteiger partial charge in [0.2, 0.25) is 5.91 Å². The van der Waals surface area contributed by atoms with Crippen molar-refractivity contribution in [1.82, 2.24) is 10.6 Å². The van der Waals surface area contributed by atoms with Crippen molar-refractivity contribution in [2.45, 2.75) is 90.7 Å². The highest BCUT2D eigenvalue weighted by molar-refractivity contribution is 5.80. The summed E-state index contributed by atoms with van der Waals surface area (Å²) in [5.41, 5.74) is 0.497. The van der Waals surface area contributed by atoms with Gasteiger partial charge in [-0.2, -0.15) is 0 Å². The molecule has 2 N–H and O–H groups in total. The highest BCUT2D eigenvalue weighted by Crippen LogP contribution is 2.25. The van der Waals surface area contributed by atoms with Gasteiger partial charge in [0.25, 0.3) is 0 Å². The number of hydrogen-bond acceptors (Lipinski definition) is 4. The Balaban J connectivity index is 1.95. The SMILES string of the molecule is CC(C)C[C@H](NC(=O)OC(C)(C)C)[C@@H]1CCC[C@H](C(=O)NCc2ccccc2)O1. The van der Waals surface area contributed by atoms with E-state index in [9.17, 15) is 9.59 Å². The van der Waals surface area contributed by atoms with Gasteiger partial charge in [-0.1, -0.05) is 44.2 Å². The minimum Gasteiger partial charge on any atom is -0.444 e. The van der Waals surface area contributed by atoms with Gasteiger partial charge in [0.05, 0.1) is 12.1 Å². The Kier molecular flexibility index (Phi) is 8.50. The molecule has 1 aromatic carbocycles. The molecule has 2 rings (SSSR count). The number of carbonyl (C=O) groups is 2. The van der Waals surface area contributed by atoms with Crippen LogP contribution in [0.2, 0.25) is 0 Å². The van der Waals surface area contributed by atoms with Gasteiger partial charge in [-0.25, -0.2) is 4.79 Å². The van der Waals surface area contributed by atoms with Crippen molar-refractivity contribution in [1.29, 1.82) is 0 Å². The molecule has 0 radical (unpaired) electrons. The van der Waals surface area contributed by atoms with Gasteiger partial charge < -0.3 is 20.1 Å². The lowest BCUT2D eigenvalue weighted by molar-refractivity contribution is -0.144. The molecule has 2 amide bonds. The lowest BCUT2D eigenvalue weighted by atomic mass is 9.93. The molecule has 162 valence electrons. The van der Waals surface area contributed by atoms with Gasteiger partial charge in [-0.15, -0.1) is 0 Å². The molecule has 1 heterocycles. The molecule has 0 bridgehead atoms. The van der Waals surface area contributed by atoms with Crippen molar-refractivity contribution in [2.24, 2.45) is 5.92 Å². The van der Waals surface area contributed by atoms with E-state index in [1.165, 1.54) is 0 Å². The maximum atomic E-state index is 12.6. The maximum Gasteiger partial charge on any atom is 0.407 e. The lowest BCUT2D eigenvalue weighted by Gasteiger charge is -2.36. The zero-order valence-corrected chi connectivity index (χ0v) is 18.4. The number of nitrogens with one attached hydrogen (secondary N) is 2. The van der Waals surface area contributed by atoms with Crippen molar-refractivity contribution in [2.75, 3.05) is 0 Å². The second-order valence-electron chi connectivity index (χ2n) is 9.18. The summed E-state index contributed by atoms with van der Waals surface area (Å²) in [6.07, 6.45) is 2.02. The smallest absolute Gasteiger partial charge is 0.407 e. The molecule has 6 nitrogen and oxygen atoms in total. The Hall–Kier alpha value is -2.08.